The Kier molecular flexibility index (Phi) is 4.67. The standard InChI is InChI=1S/C14H11ClO2S/c15-14(16)10-18-13-8-4-7-12(9-13)17-11-5-2-1-3-6-11/h1-9H,10H2. The van der Waals surface area contributed by atoms with Crippen LogP contribution < -0.4 is 4.74 Å². The van der Waals surface area contributed by atoms with Crippen molar-refractivity contribution < 1.29 is 9.53 Å². The molecule has 0 bridgehead atoms. The summed E-state index contributed by atoms with van der Waals surface area (Å²) in [6.45, 7) is 0. The van der Waals surface area contributed by atoms with Crippen molar-refractivity contribution in [3.05, 3.63) is 54.6 Å². The molecule has 2 nitrogen and oxygen atoms in total. The van der Waals surface area contributed by atoms with E-state index in [2.05, 4.69) is 0 Å². The van der Waals surface area contributed by atoms with E-state index < -0.39 is 0 Å². The van der Waals surface area contributed by atoms with Crippen LogP contribution in [0.15, 0.2) is 59.5 Å². The molecule has 0 aliphatic rings. The van der Waals surface area contributed by atoms with E-state index in [1.54, 1.807) is 0 Å². The average molecular weight is 279 g/mol. The topological polar surface area (TPSA) is 26.3 Å². The molecule has 18 heavy (non-hydrogen) atoms. The van der Waals surface area contributed by atoms with Crippen LogP contribution in [0, 0.1) is 0 Å². The molecule has 2 aromatic carbocycles. The Labute approximate surface area is 115 Å². The molecule has 0 amide bonds. The summed E-state index contributed by atoms with van der Waals surface area (Å²) >= 11 is 6.70. The number of rotatable bonds is 5. The molecular formula is C14H11ClO2S. The predicted molar refractivity (Wildman–Crippen MR) is 74.5 cm³/mol. The minimum Gasteiger partial charge on any atom is -0.457 e. The van der Waals surface area contributed by atoms with Crippen molar-refractivity contribution in [1.29, 1.82) is 0 Å². The molecule has 0 aromatic heterocycles. The smallest absolute Gasteiger partial charge is 0.231 e. The van der Waals surface area contributed by atoms with E-state index in [4.69, 9.17) is 16.3 Å². The predicted octanol–water partition coefficient (Wildman–Crippen LogP) is 4.34. The number of thioether (sulfide) groups is 1. The molecule has 0 spiro atoms. The molecule has 0 aliphatic carbocycles. The number of hydrogen-bond acceptors (Lipinski definition) is 3. The van der Waals surface area contributed by atoms with Crippen LogP contribution in [0.5, 0.6) is 11.5 Å². The summed E-state index contributed by atoms with van der Waals surface area (Å²) in [6.07, 6.45) is 0. The number of carbonyl (C=O) groups is 1. The Hall–Kier alpha value is -1.45. The highest BCUT2D eigenvalue weighted by Crippen LogP contribution is 2.26. The molecule has 2 rings (SSSR count). The second-order valence-corrected chi connectivity index (χ2v) is 5.00. The van der Waals surface area contributed by atoms with Gasteiger partial charge in [-0.3, -0.25) is 4.79 Å². The van der Waals surface area contributed by atoms with Gasteiger partial charge in [0.2, 0.25) is 5.24 Å². The summed E-state index contributed by atoms with van der Waals surface area (Å²) in [7, 11) is 0. The van der Waals surface area contributed by atoms with Crippen molar-refractivity contribution in [3.8, 4) is 11.5 Å². The van der Waals surface area contributed by atoms with Crippen LogP contribution in [-0.4, -0.2) is 11.0 Å². The van der Waals surface area contributed by atoms with Gasteiger partial charge in [-0.05, 0) is 41.9 Å². The third-order valence-corrected chi connectivity index (χ3v) is 3.42. The molecule has 0 saturated carbocycles. The molecule has 0 fully saturated rings. The highest BCUT2D eigenvalue weighted by molar-refractivity contribution is 8.00. The zero-order chi connectivity index (χ0) is 12.8. The first-order chi connectivity index (χ1) is 8.74. The molecule has 0 atom stereocenters. The Bertz CT molecular complexity index is 528. The Morgan fingerprint density at radius 3 is 2.50 bits per heavy atom. The summed E-state index contributed by atoms with van der Waals surface area (Å²) < 4.78 is 5.69. The second-order valence-electron chi connectivity index (χ2n) is 3.53. The quantitative estimate of drug-likeness (QED) is 0.601. The first-order valence-electron chi connectivity index (χ1n) is 5.38. The van der Waals surface area contributed by atoms with Gasteiger partial charge in [0.15, 0.2) is 0 Å². The minimum atomic E-state index is -0.352. The molecule has 0 saturated heterocycles. The number of halogens is 1. The van der Waals surface area contributed by atoms with Crippen LogP contribution in [0.4, 0.5) is 0 Å². The zero-order valence-corrected chi connectivity index (χ0v) is 11.1. The minimum absolute atomic E-state index is 0.260. The molecule has 0 heterocycles. The van der Waals surface area contributed by atoms with Gasteiger partial charge in [0.1, 0.15) is 11.5 Å². The number of ether oxygens (including phenoxy) is 1. The van der Waals surface area contributed by atoms with Gasteiger partial charge >= 0.3 is 0 Å². The van der Waals surface area contributed by atoms with E-state index in [1.807, 2.05) is 54.6 Å². The number of carbonyl (C=O) groups excluding carboxylic acids is 1. The third kappa shape index (κ3) is 4.09. The van der Waals surface area contributed by atoms with Gasteiger partial charge in [-0.2, -0.15) is 0 Å². The lowest BCUT2D eigenvalue weighted by Gasteiger charge is -2.06. The lowest BCUT2D eigenvalue weighted by molar-refractivity contribution is -0.109. The van der Waals surface area contributed by atoms with Crippen LogP contribution in [0.25, 0.3) is 0 Å². The van der Waals surface area contributed by atoms with E-state index in [0.29, 0.717) is 0 Å². The average Bonchev–Trinajstić information content (AvgIpc) is 2.38. The fraction of sp³-hybridized carbons (Fsp3) is 0.0714. The Morgan fingerprint density at radius 1 is 1.06 bits per heavy atom. The van der Waals surface area contributed by atoms with Gasteiger partial charge in [-0.25, -0.2) is 0 Å². The summed E-state index contributed by atoms with van der Waals surface area (Å²) in [4.78, 5) is 11.7. The largest absolute Gasteiger partial charge is 0.457 e. The van der Waals surface area contributed by atoms with Crippen LogP contribution in [0.1, 0.15) is 0 Å². The molecule has 2 aromatic rings. The summed E-state index contributed by atoms with van der Waals surface area (Å²) in [5, 5.41) is -0.352. The lowest BCUT2D eigenvalue weighted by atomic mass is 10.3. The van der Waals surface area contributed by atoms with E-state index in [1.165, 1.54) is 11.8 Å². The number of benzene rings is 2. The fourth-order valence-electron chi connectivity index (χ4n) is 1.39. The maximum Gasteiger partial charge on any atom is 0.231 e. The van der Waals surface area contributed by atoms with Crippen molar-refractivity contribution >= 4 is 28.6 Å². The van der Waals surface area contributed by atoms with Gasteiger partial charge in [-0.1, -0.05) is 24.3 Å². The van der Waals surface area contributed by atoms with Crippen molar-refractivity contribution in [1.82, 2.24) is 0 Å². The zero-order valence-electron chi connectivity index (χ0n) is 9.51. The first kappa shape index (κ1) is 13.0. The Morgan fingerprint density at radius 2 is 1.78 bits per heavy atom. The van der Waals surface area contributed by atoms with Crippen LogP contribution in [-0.2, 0) is 4.79 Å². The molecule has 0 unspecified atom stereocenters. The normalized spacial score (nSPS) is 10.1. The van der Waals surface area contributed by atoms with Gasteiger partial charge < -0.3 is 4.74 Å². The Balaban J connectivity index is 2.05. The molecule has 0 radical (unpaired) electrons. The summed E-state index contributed by atoms with van der Waals surface area (Å²) in [5.41, 5.74) is 0. The highest BCUT2D eigenvalue weighted by Gasteiger charge is 2.01. The second kappa shape index (κ2) is 6.47. The number of para-hydroxylation sites is 1. The number of hydrogen-bond donors (Lipinski definition) is 0. The van der Waals surface area contributed by atoms with Crippen molar-refractivity contribution in [3.63, 3.8) is 0 Å². The van der Waals surface area contributed by atoms with Crippen molar-refractivity contribution in [2.45, 2.75) is 4.90 Å². The van der Waals surface area contributed by atoms with Crippen LogP contribution in [0.3, 0.4) is 0 Å². The molecule has 4 heteroatoms. The van der Waals surface area contributed by atoms with Gasteiger partial charge in [0.25, 0.3) is 0 Å². The lowest BCUT2D eigenvalue weighted by Crippen LogP contribution is -1.89. The van der Waals surface area contributed by atoms with E-state index in [9.17, 15) is 4.79 Å². The monoisotopic (exact) mass is 278 g/mol. The summed E-state index contributed by atoms with van der Waals surface area (Å²) in [5.74, 6) is 1.79. The van der Waals surface area contributed by atoms with E-state index in [0.717, 1.165) is 16.4 Å². The maximum atomic E-state index is 10.7. The molecule has 0 N–H and O–H groups in total. The van der Waals surface area contributed by atoms with Crippen LogP contribution >= 0.6 is 23.4 Å². The maximum absolute atomic E-state index is 10.7. The third-order valence-electron chi connectivity index (χ3n) is 2.14. The van der Waals surface area contributed by atoms with Gasteiger partial charge in [0.05, 0.1) is 5.75 Å². The van der Waals surface area contributed by atoms with E-state index in [-0.39, 0.29) is 11.0 Å². The van der Waals surface area contributed by atoms with Gasteiger partial charge in [-0.15, -0.1) is 11.8 Å². The van der Waals surface area contributed by atoms with E-state index >= 15 is 0 Å². The fourth-order valence-corrected chi connectivity index (χ4v) is 2.21. The molecule has 0 aliphatic heterocycles. The van der Waals surface area contributed by atoms with Crippen LogP contribution in [0.2, 0.25) is 0 Å². The molecular weight excluding hydrogens is 268 g/mol. The SMILES string of the molecule is O=C(Cl)CSc1cccc(Oc2ccccc2)c1. The first-order valence-corrected chi connectivity index (χ1v) is 6.74. The van der Waals surface area contributed by atoms with Crippen molar-refractivity contribution in [2.75, 3.05) is 5.75 Å². The summed E-state index contributed by atoms with van der Waals surface area (Å²) in [6, 6.07) is 17.1. The molecule has 92 valence electrons. The van der Waals surface area contributed by atoms with Crippen molar-refractivity contribution in [2.24, 2.45) is 0 Å². The van der Waals surface area contributed by atoms with Gasteiger partial charge in [0, 0.05) is 4.90 Å². The highest BCUT2D eigenvalue weighted by atomic mass is 35.5.